The van der Waals surface area contributed by atoms with E-state index >= 15 is 0 Å². The van der Waals surface area contributed by atoms with E-state index < -0.39 is 12.1 Å². The smallest absolute Gasteiger partial charge is 0.251 e. The number of piperidine rings is 1. The molecule has 31 heavy (non-hydrogen) atoms. The highest BCUT2D eigenvalue weighted by molar-refractivity contribution is 5.99. The zero-order chi connectivity index (χ0) is 22.4. The highest BCUT2D eigenvalue weighted by atomic mass is 16.5. The van der Waals surface area contributed by atoms with E-state index in [4.69, 9.17) is 4.74 Å². The lowest BCUT2D eigenvalue weighted by Crippen LogP contribution is -2.56. The van der Waals surface area contributed by atoms with Crippen molar-refractivity contribution in [2.24, 2.45) is 11.8 Å². The van der Waals surface area contributed by atoms with Crippen LogP contribution >= 0.6 is 0 Å². The molecule has 0 bridgehead atoms. The molecule has 7 nitrogen and oxygen atoms in total. The molecule has 2 heterocycles. The van der Waals surface area contributed by atoms with Gasteiger partial charge in [-0.3, -0.25) is 14.4 Å². The molecule has 0 aromatic heterocycles. The van der Waals surface area contributed by atoms with E-state index in [9.17, 15) is 14.4 Å². The molecular weight excluding hydrogens is 394 g/mol. The molecule has 0 spiro atoms. The molecule has 2 aliphatic heterocycles. The first kappa shape index (κ1) is 23.3. The highest BCUT2D eigenvalue weighted by Crippen LogP contribution is 2.20. The number of hydrogen-bond donors (Lipinski definition) is 2. The molecule has 0 radical (unpaired) electrons. The van der Waals surface area contributed by atoms with Gasteiger partial charge < -0.3 is 20.3 Å². The summed E-state index contributed by atoms with van der Waals surface area (Å²) >= 11 is 0. The number of nitrogens with zero attached hydrogens (tertiary/aromatic N) is 1. The van der Waals surface area contributed by atoms with Crippen molar-refractivity contribution in [1.82, 2.24) is 10.6 Å². The zero-order valence-corrected chi connectivity index (χ0v) is 18.9. The minimum Gasteiger partial charge on any atom is -0.373 e. The van der Waals surface area contributed by atoms with Crippen LogP contribution in [0, 0.1) is 11.8 Å². The van der Waals surface area contributed by atoms with Crippen LogP contribution in [-0.2, 0) is 14.3 Å². The highest BCUT2D eigenvalue weighted by Gasteiger charge is 2.33. The number of rotatable bonds is 7. The van der Waals surface area contributed by atoms with E-state index in [1.807, 2.05) is 45.0 Å². The summed E-state index contributed by atoms with van der Waals surface area (Å²) in [6.07, 6.45) is 4.16. The lowest BCUT2D eigenvalue weighted by Gasteiger charge is -2.30. The van der Waals surface area contributed by atoms with Crippen molar-refractivity contribution in [2.45, 2.75) is 58.5 Å². The van der Waals surface area contributed by atoms with Crippen LogP contribution in [0.2, 0.25) is 0 Å². The van der Waals surface area contributed by atoms with Gasteiger partial charge >= 0.3 is 0 Å². The summed E-state index contributed by atoms with van der Waals surface area (Å²) in [7, 11) is 0. The molecule has 2 saturated heterocycles. The predicted octanol–water partition coefficient (Wildman–Crippen LogP) is 2.54. The van der Waals surface area contributed by atoms with Crippen molar-refractivity contribution < 1.29 is 19.1 Å². The first-order valence-electron chi connectivity index (χ1n) is 11.4. The van der Waals surface area contributed by atoms with Crippen molar-refractivity contribution in [1.29, 1.82) is 0 Å². The van der Waals surface area contributed by atoms with E-state index in [0.29, 0.717) is 18.6 Å². The predicted molar refractivity (Wildman–Crippen MR) is 120 cm³/mol. The Morgan fingerprint density at radius 1 is 1.13 bits per heavy atom. The number of amides is 2. The molecule has 0 saturated carbocycles. The van der Waals surface area contributed by atoms with Crippen molar-refractivity contribution >= 4 is 23.3 Å². The van der Waals surface area contributed by atoms with Crippen LogP contribution in [0.5, 0.6) is 0 Å². The molecule has 2 N–H and O–H groups in total. The Morgan fingerprint density at radius 2 is 1.81 bits per heavy atom. The average Bonchev–Trinajstić information content (AvgIpc) is 2.76. The number of nitrogens with one attached hydrogen (secondary N) is 2. The largest absolute Gasteiger partial charge is 0.373 e. The Morgan fingerprint density at radius 3 is 2.42 bits per heavy atom. The summed E-state index contributed by atoms with van der Waals surface area (Å²) in [6.45, 7) is 8.42. The molecule has 2 amide bonds. The Balaban J connectivity index is 1.64. The van der Waals surface area contributed by atoms with Crippen LogP contribution < -0.4 is 15.5 Å². The second-order valence-electron chi connectivity index (χ2n) is 9.20. The minimum absolute atomic E-state index is 0.0137. The second-order valence-corrected chi connectivity index (χ2v) is 9.20. The Kier molecular flexibility index (Phi) is 8.07. The first-order chi connectivity index (χ1) is 14.8. The molecule has 3 atom stereocenters. The molecular formula is C24H35N3O4. The van der Waals surface area contributed by atoms with Gasteiger partial charge in [-0.05, 0) is 55.9 Å². The second kappa shape index (κ2) is 10.8. The summed E-state index contributed by atoms with van der Waals surface area (Å²) in [5.74, 6) is -0.616. The number of benzene rings is 1. The maximum atomic E-state index is 12.9. The average molecular weight is 430 g/mol. The molecule has 170 valence electrons. The van der Waals surface area contributed by atoms with Gasteiger partial charge in [-0.1, -0.05) is 20.8 Å². The molecule has 1 aromatic rings. The number of Topliss-reactive ketones (excluding diaryl/α,β-unsaturated/α-hetero) is 1. The third kappa shape index (κ3) is 6.29. The fourth-order valence-electron chi connectivity index (χ4n) is 4.25. The van der Waals surface area contributed by atoms with E-state index in [0.717, 1.165) is 18.8 Å². The summed E-state index contributed by atoms with van der Waals surface area (Å²) in [4.78, 5) is 40.3. The van der Waals surface area contributed by atoms with Gasteiger partial charge in [-0.2, -0.15) is 0 Å². The topological polar surface area (TPSA) is 87.7 Å². The van der Waals surface area contributed by atoms with Crippen molar-refractivity contribution in [3.63, 3.8) is 0 Å². The van der Waals surface area contributed by atoms with E-state index in [2.05, 4.69) is 15.5 Å². The van der Waals surface area contributed by atoms with Gasteiger partial charge in [-0.15, -0.1) is 0 Å². The minimum atomic E-state index is -0.697. The van der Waals surface area contributed by atoms with Crippen LogP contribution in [-0.4, -0.2) is 56.0 Å². The van der Waals surface area contributed by atoms with Crippen LogP contribution in [0.3, 0.4) is 0 Å². The monoisotopic (exact) mass is 429 g/mol. The summed E-state index contributed by atoms with van der Waals surface area (Å²) in [6, 6.07) is 6.30. The zero-order valence-electron chi connectivity index (χ0n) is 18.9. The van der Waals surface area contributed by atoms with Gasteiger partial charge in [0.05, 0.1) is 12.6 Å². The van der Waals surface area contributed by atoms with Gasteiger partial charge in [0.25, 0.3) is 5.91 Å². The Bertz CT molecular complexity index is 772. The standard InChI is InChI=1S/C24H35N3O4/c1-16(2)13-20(24(30)26-22-17(3)14-31-15-21(22)28)25-23(29)18-7-9-19(10-8-18)27-11-5-4-6-12-27/h7-10,16-17,20,22H,4-6,11-15H2,1-3H3,(H,25,29)(H,26,30)/t17-,20+,22+/m1/s1. The molecule has 3 rings (SSSR count). The number of ketones is 1. The van der Waals surface area contributed by atoms with Gasteiger partial charge in [0, 0.05) is 30.3 Å². The summed E-state index contributed by atoms with van der Waals surface area (Å²) in [5, 5.41) is 5.72. The van der Waals surface area contributed by atoms with Crippen molar-refractivity contribution in [3.05, 3.63) is 29.8 Å². The number of carbonyl (C=O) groups is 3. The maximum Gasteiger partial charge on any atom is 0.251 e. The first-order valence-corrected chi connectivity index (χ1v) is 11.4. The fraction of sp³-hybridized carbons (Fsp3) is 0.625. The number of hydrogen-bond acceptors (Lipinski definition) is 5. The van der Waals surface area contributed by atoms with Crippen molar-refractivity contribution in [2.75, 3.05) is 31.2 Å². The van der Waals surface area contributed by atoms with E-state index in [-0.39, 0.29) is 36.0 Å². The SMILES string of the molecule is CC(C)C[C@H](NC(=O)c1ccc(N2CCCCC2)cc1)C(=O)N[C@@H]1C(=O)COC[C@H]1C. The lowest BCUT2D eigenvalue weighted by molar-refractivity contribution is -0.137. The molecule has 7 heteroatoms. The van der Waals surface area contributed by atoms with Gasteiger partial charge in [0.1, 0.15) is 12.6 Å². The quantitative estimate of drug-likeness (QED) is 0.696. The summed E-state index contributed by atoms with van der Waals surface area (Å²) in [5.41, 5.74) is 1.65. The van der Waals surface area contributed by atoms with Crippen LogP contribution in [0.4, 0.5) is 5.69 Å². The molecule has 0 unspecified atom stereocenters. The van der Waals surface area contributed by atoms with E-state index in [1.54, 1.807) is 0 Å². The number of carbonyl (C=O) groups excluding carboxylic acids is 3. The normalized spacial score (nSPS) is 22.8. The van der Waals surface area contributed by atoms with Crippen LogP contribution in [0.15, 0.2) is 24.3 Å². The number of anilines is 1. The molecule has 1 aromatic carbocycles. The van der Waals surface area contributed by atoms with Gasteiger partial charge in [0.15, 0.2) is 5.78 Å². The van der Waals surface area contributed by atoms with Crippen molar-refractivity contribution in [3.8, 4) is 0 Å². The maximum absolute atomic E-state index is 12.9. The third-order valence-corrected chi connectivity index (χ3v) is 6.02. The molecule has 0 aliphatic carbocycles. The molecule has 2 fully saturated rings. The van der Waals surface area contributed by atoms with Gasteiger partial charge in [-0.25, -0.2) is 0 Å². The Labute approximate surface area is 184 Å². The van der Waals surface area contributed by atoms with E-state index in [1.165, 1.54) is 19.3 Å². The third-order valence-electron chi connectivity index (χ3n) is 6.02. The summed E-state index contributed by atoms with van der Waals surface area (Å²) < 4.78 is 5.23. The van der Waals surface area contributed by atoms with Crippen LogP contribution in [0.25, 0.3) is 0 Å². The Hall–Kier alpha value is -2.41. The van der Waals surface area contributed by atoms with Gasteiger partial charge in [0.2, 0.25) is 5.91 Å². The molecule has 2 aliphatic rings. The fourth-order valence-corrected chi connectivity index (χ4v) is 4.25. The lowest BCUT2D eigenvalue weighted by atomic mass is 9.95. The van der Waals surface area contributed by atoms with Crippen LogP contribution in [0.1, 0.15) is 56.8 Å². The number of ether oxygens (including phenoxy) is 1.